The zero-order chi connectivity index (χ0) is 11.2. The van der Waals surface area contributed by atoms with Crippen molar-refractivity contribution in [1.82, 2.24) is 0 Å². The molecule has 2 heteroatoms. The third-order valence-corrected chi connectivity index (χ3v) is 4.84. The van der Waals surface area contributed by atoms with Gasteiger partial charge in [0, 0.05) is 11.1 Å². The molecule has 0 aliphatic heterocycles. The quantitative estimate of drug-likeness (QED) is 0.893. The summed E-state index contributed by atoms with van der Waals surface area (Å²) in [6, 6.07) is 8.75. The molecule has 1 aromatic rings. The van der Waals surface area contributed by atoms with Gasteiger partial charge in [0.15, 0.2) is 0 Å². The molecule has 1 aromatic carbocycles. The Balaban J connectivity index is 1.80. The minimum absolute atomic E-state index is 0.281. The van der Waals surface area contributed by atoms with Gasteiger partial charge in [0.1, 0.15) is 0 Å². The minimum atomic E-state index is 0.281. The molecule has 2 fully saturated rings. The maximum absolute atomic E-state index is 9.43. The average molecular weight is 281 g/mol. The van der Waals surface area contributed by atoms with Crippen molar-refractivity contribution < 1.29 is 5.11 Å². The molecule has 2 aliphatic rings. The second kappa shape index (κ2) is 3.58. The van der Waals surface area contributed by atoms with Crippen molar-refractivity contribution in [2.75, 3.05) is 6.61 Å². The Bertz CT molecular complexity index is 388. The highest BCUT2D eigenvalue weighted by atomic mass is 79.9. The van der Waals surface area contributed by atoms with Gasteiger partial charge in [0.05, 0.1) is 0 Å². The molecule has 3 rings (SSSR count). The van der Waals surface area contributed by atoms with E-state index in [4.69, 9.17) is 0 Å². The molecular formula is C14H17BrO. The number of hydrogen-bond acceptors (Lipinski definition) is 1. The highest BCUT2D eigenvalue weighted by molar-refractivity contribution is 9.10. The summed E-state index contributed by atoms with van der Waals surface area (Å²) in [5.74, 6) is 0. The highest BCUT2D eigenvalue weighted by Gasteiger charge is 2.54. The Morgan fingerprint density at radius 3 is 2.12 bits per heavy atom. The van der Waals surface area contributed by atoms with Crippen LogP contribution in [0.1, 0.15) is 37.7 Å². The molecule has 16 heavy (non-hydrogen) atoms. The molecular weight excluding hydrogens is 264 g/mol. The second-order valence-corrected chi connectivity index (χ2v) is 6.54. The number of rotatable bonds is 4. The van der Waals surface area contributed by atoms with Crippen LogP contribution in [0.25, 0.3) is 0 Å². The zero-order valence-electron chi connectivity index (χ0n) is 9.38. The normalized spacial score (nSPS) is 24.1. The molecule has 2 saturated carbocycles. The van der Waals surface area contributed by atoms with Crippen molar-refractivity contribution in [3.8, 4) is 0 Å². The van der Waals surface area contributed by atoms with E-state index in [1.165, 1.54) is 37.7 Å². The van der Waals surface area contributed by atoms with Crippen LogP contribution in [-0.2, 0) is 5.41 Å². The van der Waals surface area contributed by atoms with E-state index in [1.54, 1.807) is 0 Å². The van der Waals surface area contributed by atoms with Gasteiger partial charge in [-0.2, -0.15) is 0 Å². The van der Waals surface area contributed by atoms with E-state index in [9.17, 15) is 5.11 Å². The van der Waals surface area contributed by atoms with Crippen molar-refractivity contribution >= 4 is 15.9 Å². The lowest BCUT2D eigenvalue weighted by atomic mass is 9.84. The summed E-state index contributed by atoms with van der Waals surface area (Å²) >= 11 is 3.48. The molecule has 1 nitrogen and oxygen atoms in total. The van der Waals surface area contributed by atoms with Crippen LogP contribution in [-0.4, -0.2) is 11.7 Å². The van der Waals surface area contributed by atoms with Gasteiger partial charge in [-0.1, -0.05) is 28.1 Å². The fourth-order valence-electron chi connectivity index (χ4n) is 2.81. The number of hydrogen-bond donors (Lipinski definition) is 1. The summed E-state index contributed by atoms with van der Waals surface area (Å²) in [6.07, 6.45) is 6.24. The fraction of sp³-hybridized carbons (Fsp3) is 0.571. The molecule has 0 bridgehead atoms. The van der Waals surface area contributed by atoms with E-state index in [-0.39, 0.29) is 5.41 Å². The van der Waals surface area contributed by atoms with Crippen LogP contribution in [0.4, 0.5) is 0 Å². The Morgan fingerprint density at radius 2 is 1.69 bits per heavy atom. The molecule has 0 heterocycles. The lowest BCUT2D eigenvalue weighted by Crippen LogP contribution is -2.17. The number of benzene rings is 1. The predicted molar refractivity (Wildman–Crippen MR) is 68.4 cm³/mol. The fourth-order valence-corrected chi connectivity index (χ4v) is 3.07. The molecule has 1 N–H and O–H groups in total. The largest absolute Gasteiger partial charge is 0.396 e. The van der Waals surface area contributed by atoms with Crippen LogP contribution in [0, 0.1) is 5.41 Å². The molecule has 0 spiro atoms. The van der Waals surface area contributed by atoms with E-state index in [1.807, 2.05) is 0 Å². The topological polar surface area (TPSA) is 20.2 Å². The SMILES string of the molecule is OCC1(CC2(c3ccc(Br)cc3)CC2)CC1. The van der Waals surface area contributed by atoms with Crippen LogP contribution >= 0.6 is 15.9 Å². The van der Waals surface area contributed by atoms with Gasteiger partial charge in [-0.3, -0.25) is 0 Å². The van der Waals surface area contributed by atoms with Crippen LogP contribution in [0.15, 0.2) is 28.7 Å². The van der Waals surface area contributed by atoms with Crippen molar-refractivity contribution in [1.29, 1.82) is 0 Å². The first-order valence-electron chi connectivity index (χ1n) is 6.05. The summed E-state index contributed by atoms with van der Waals surface area (Å²) in [7, 11) is 0. The van der Waals surface area contributed by atoms with Crippen molar-refractivity contribution in [2.45, 2.75) is 37.5 Å². The molecule has 0 unspecified atom stereocenters. The molecule has 86 valence electrons. The average Bonchev–Trinajstić information content (AvgIpc) is 3.19. The van der Waals surface area contributed by atoms with E-state index < -0.39 is 0 Å². The van der Waals surface area contributed by atoms with Crippen LogP contribution in [0.3, 0.4) is 0 Å². The summed E-state index contributed by atoms with van der Waals surface area (Å²) in [4.78, 5) is 0. The van der Waals surface area contributed by atoms with Gasteiger partial charge in [0.2, 0.25) is 0 Å². The molecule has 0 radical (unpaired) electrons. The third-order valence-electron chi connectivity index (χ3n) is 4.32. The van der Waals surface area contributed by atoms with Gasteiger partial charge in [-0.25, -0.2) is 0 Å². The Kier molecular flexibility index (Phi) is 2.41. The zero-order valence-corrected chi connectivity index (χ0v) is 11.0. The Hall–Kier alpha value is -0.340. The van der Waals surface area contributed by atoms with E-state index in [2.05, 4.69) is 40.2 Å². The van der Waals surface area contributed by atoms with Crippen LogP contribution in [0.2, 0.25) is 0 Å². The van der Waals surface area contributed by atoms with E-state index in [0.717, 1.165) is 4.47 Å². The highest BCUT2D eigenvalue weighted by Crippen LogP contribution is 2.61. The maximum atomic E-state index is 9.43. The van der Waals surface area contributed by atoms with Gasteiger partial charge in [-0.05, 0) is 60.6 Å². The Morgan fingerprint density at radius 1 is 1.06 bits per heavy atom. The third kappa shape index (κ3) is 1.82. The van der Waals surface area contributed by atoms with Crippen LogP contribution in [0.5, 0.6) is 0 Å². The van der Waals surface area contributed by atoms with Crippen molar-refractivity contribution in [2.24, 2.45) is 5.41 Å². The first kappa shape index (κ1) is 10.8. The molecule has 0 aromatic heterocycles. The maximum Gasteiger partial charge on any atom is 0.0487 e. The lowest BCUT2D eigenvalue weighted by molar-refractivity contribution is 0.192. The first-order valence-corrected chi connectivity index (χ1v) is 6.84. The number of aliphatic hydroxyl groups excluding tert-OH is 1. The molecule has 0 amide bonds. The van der Waals surface area contributed by atoms with Gasteiger partial charge in [0.25, 0.3) is 0 Å². The van der Waals surface area contributed by atoms with Gasteiger partial charge >= 0.3 is 0 Å². The Labute approximate surface area is 105 Å². The standard InChI is InChI=1S/C14H17BrO/c15-12-3-1-11(2-4-12)14(7-8-14)9-13(10-16)5-6-13/h1-4,16H,5-10H2. The van der Waals surface area contributed by atoms with E-state index in [0.29, 0.717) is 12.0 Å². The minimum Gasteiger partial charge on any atom is -0.396 e. The van der Waals surface area contributed by atoms with Crippen LogP contribution < -0.4 is 0 Å². The molecule has 0 saturated heterocycles. The van der Waals surface area contributed by atoms with Gasteiger partial charge in [-0.15, -0.1) is 0 Å². The van der Waals surface area contributed by atoms with Crippen molar-refractivity contribution in [3.63, 3.8) is 0 Å². The lowest BCUT2D eigenvalue weighted by Gasteiger charge is -2.21. The predicted octanol–water partition coefficient (Wildman–Crippen LogP) is 3.64. The second-order valence-electron chi connectivity index (χ2n) is 5.62. The number of aliphatic hydroxyl groups is 1. The summed E-state index contributed by atoms with van der Waals surface area (Å²) in [5, 5.41) is 9.43. The van der Waals surface area contributed by atoms with Crippen molar-refractivity contribution in [3.05, 3.63) is 34.3 Å². The van der Waals surface area contributed by atoms with Gasteiger partial charge < -0.3 is 5.11 Å². The molecule has 2 aliphatic carbocycles. The first-order chi connectivity index (χ1) is 7.68. The summed E-state index contributed by atoms with van der Waals surface area (Å²) in [6.45, 7) is 0.380. The summed E-state index contributed by atoms with van der Waals surface area (Å²) in [5.41, 5.74) is 2.15. The number of halogens is 1. The summed E-state index contributed by atoms with van der Waals surface area (Å²) < 4.78 is 1.15. The molecule has 0 atom stereocenters. The smallest absolute Gasteiger partial charge is 0.0487 e. The monoisotopic (exact) mass is 280 g/mol. The van der Waals surface area contributed by atoms with E-state index >= 15 is 0 Å².